The van der Waals surface area contributed by atoms with Gasteiger partial charge in [-0.25, -0.2) is 4.79 Å². The third kappa shape index (κ3) is 10.7. The van der Waals surface area contributed by atoms with E-state index >= 15 is 0 Å². The number of aromatic hydroxyl groups is 1. The van der Waals surface area contributed by atoms with Gasteiger partial charge in [-0.15, -0.1) is 0 Å². The maximum Gasteiger partial charge on any atom is 0.326 e. The van der Waals surface area contributed by atoms with Crippen LogP contribution in [0.3, 0.4) is 0 Å². The van der Waals surface area contributed by atoms with Crippen molar-refractivity contribution in [2.45, 2.75) is 70.1 Å². The largest absolute Gasteiger partial charge is 0.508 e. The van der Waals surface area contributed by atoms with Gasteiger partial charge < -0.3 is 37.6 Å². The van der Waals surface area contributed by atoms with Crippen LogP contribution < -0.4 is 27.4 Å². The molecule has 0 spiro atoms. The molecule has 0 heterocycles. The zero-order valence-electron chi connectivity index (χ0n) is 23.0. The van der Waals surface area contributed by atoms with Crippen molar-refractivity contribution >= 4 is 23.7 Å². The van der Waals surface area contributed by atoms with Gasteiger partial charge in [-0.1, -0.05) is 56.3 Å². The first kappa shape index (κ1) is 32.3. The van der Waals surface area contributed by atoms with Crippen LogP contribution in [0, 0.1) is 5.92 Å². The van der Waals surface area contributed by atoms with Crippen molar-refractivity contribution in [1.29, 1.82) is 0 Å². The molecule has 0 aliphatic carbocycles. The molecule has 0 radical (unpaired) electrons. The molecule has 0 aliphatic heterocycles. The molecule has 0 aromatic heterocycles. The number of unbranched alkanes of at least 4 members (excludes halogenated alkanes) is 1. The summed E-state index contributed by atoms with van der Waals surface area (Å²) >= 11 is 0. The van der Waals surface area contributed by atoms with Crippen molar-refractivity contribution in [3.8, 4) is 5.75 Å². The van der Waals surface area contributed by atoms with Gasteiger partial charge in [-0.3, -0.25) is 14.4 Å². The van der Waals surface area contributed by atoms with E-state index in [-0.39, 0.29) is 30.9 Å². The zero-order valence-corrected chi connectivity index (χ0v) is 23.0. The first-order valence-electron chi connectivity index (χ1n) is 13.4. The molecule has 3 amide bonds. The highest BCUT2D eigenvalue weighted by molar-refractivity contribution is 5.94. The van der Waals surface area contributed by atoms with E-state index in [4.69, 9.17) is 11.5 Å². The van der Waals surface area contributed by atoms with E-state index in [0.717, 1.165) is 5.56 Å². The van der Waals surface area contributed by atoms with Crippen LogP contribution in [0.25, 0.3) is 0 Å². The number of benzene rings is 2. The van der Waals surface area contributed by atoms with Gasteiger partial charge in [0, 0.05) is 6.42 Å². The van der Waals surface area contributed by atoms with Crippen molar-refractivity contribution in [3.63, 3.8) is 0 Å². The van der Waals surface area contributed by atoms with E-state index in [1.807, 2.05) is 30.3 Å². The Balaban J connectivity index is 2.23. The monoisotopic (exact) mass is 555 g/mol. The number of hydrogen-bond donors (Lipinski definition) is 7. The number of carboxylic acids is 1. The van der Waals surface area contributed by atoms with Crippen molar-refractivity contribution in [2.24, 2.45) is 17.4 Å². The average Bonchev–Trinajstić information content (AvgIpc) is 2.91. The number of nitrogens with two attached hydrogens (primary N) is 2. The van der Waals surface area contributed by atoms with Crippen LogP contribution in [-0.4, -0.2) is 64.6 Å². The van der Waals surface area contributed by atoms with Crippen molar-refractivity contribution < 1.29 is 29.4 Å². The lowest BCUT2D eigenvalue weighted by atomic mass is 10.0. The lowest BCUT2D eigenvalue weighted by Crippen LogP contribution is -2.58. The summed E-state index contributed by atoms with van der Waals surface area (Å²) in [6, 6.07) is 11.2. The third-order valence-electron chi connectivity index (χ3n) is 6.45. The van der Waals surface area contributed by atoms with Gasteiger partial charge in [-0.05, 0) is 61.4 Å². The zero-order chi connectivity index (χ0) is 29.7. The minimum Gasteiger partial charge on any atom is -0.508 e. The second-order valence-electron chi connectivity index (χ2n) is 10.1. The Morgan fingerprint density at radius 2 is 1.35 bits per heavy atom. The molecule has 0 aliphatic rings. The summed E-state index contributed by atoms with van der Waals surface area (Å²) in [7, 11) is 0. The number of carboxylic acid groups (broad SMARTS) is 1. The lowest BCUT2D eigenvalue weighted by molar-refractivity contribution is -0.143. The van der Waals surface area contributed by atoms with Gasteiger partial charge in [0.05, 0.1) is 6.04 Å². The Morgan fingerprint density at radius 1 is 0.775 bits per heavy atom. The van der Waals surface area contributed by atoms with Crippen LogP contribution in [0.2, 0.25) is 0 Å². The molecule has 0 saturated heterocycles. The molecular weight excluding hydrogens is 514 g/mol. The summed E-state index contributed by atoms with van der Waals surface area (Å²) < 4.78 is 0. The standard InChI is InChI=1S/C29H41N5O6/c1-18(2)25(29(39)40)34-27(37)23(10-6-7-15-30)32-28(38)24(17-20-11-13-21(35)14-12-20)33-26(36)22(31)16-19-8-4-3-5-9-19/h3-5,8-9,11-14,18,22-25,35H,6-7,10,15-17,30-31H2,1-2H3,(H,32,38)(H,33,36)(H,34,37)(H,39,40). The number of amides is 3. The third-order valence-corrected chi connectivity index (χ3v) is 6.45. The molecule has 2 aromatic rings. The van der Waals surface area contributed by atoms with Crippen LogP contribution in [0.4, 0.5) is 0 Å². The van der Waals surface area contributed by atoms with Gasteiger partial charge >= 0.3 is 5.97 Å². The number of rotatable bonds is 16. The van der Waals surface area contributed by atoms with Gasteiger partial charge in [0.25, 0.3) is 0 Å². The Labute approximate surface area is 234 Å². The summed E-state index contributed by atoms with van der Waals surface area (Å²) in [5.41, 5.74) is 13.3. The van der Waals surface area contributed by atoms with Gasteiger partial charge in [0.2, 0.25) is 17.7 Å². The fourth-order valence-electron chi connectivity index (χ4n) is 4.12. The highest BCUT2D eigenvalue weighted by Crippen LogP contribution is 2.13. The van der Waals surface area contributed by atoms with Crippen molar-refractivity contribution in [3.05, 3.63) is 65.7 Å². The van der Waals surface area contributed by atoms with Crippen molar-refractivity contribution in [1.82, 2.24) is 16.0 Å². The predicted octanol–water partition coefficient (Wildman–Crippen LogP) is 0.829. The van der Waals surface area contributed by atoms with E-state index in [1.54, 1.807) is 26.0 Å². The smallest absolute Gasteiger partial charge is 0.326 e. The van der Waals surface area contributed by atoms with E-state index in [0.29, 0.717) is 24.9 Å². The van der Waals surface area contributed by atoms with Crippen LogP contribution >= 0.6 is 0 Å². The topological polar surface area (TPSA) is 197 Å². The summed E-state index contributed by atoms with van der Waals surface area (Å²) in [6.07, 6.45) is 1.68. The number of phenolic OH excluding ortho intramolecular Hbond substituents is 1. The second kappa shape index (κ2) is 16.2. The molecular formula is C29H41N5O6. The normalized spacial score (nSPS) is 14.0. The van der Waals surface area contributed by atoms with Gasteiger partial charge in [-0.2, -0.15) is 0 Å². The number of phenols is 1. The Morgan fingerprint density at radius 3 is 1.93 bits per heavy atom. The van der Waals surface area contributed by atoms with Crippen LogP contribution in [0.15, 0.2) is 54.6 Å². The molecule has 4 unspecified atom stereocenters. The SMILES string of the molecule is CC(C)C(NC(=O)C(CCCCN)NC(=O)C(Cc1ccc(O)cc1)NC(=O)C(N)Cc1ccccc1)C(=O)O. The van der Waals surface area contributed by atoms with Crippen LogP contribution in [0.1, 0.15) is 44.2 Å². The highest BCUT2D eigenvalue weighted by Gasteiger charge is 2.31. The van der Waals surface area contributed by atoms with E-state index in [9.17, 15) is 29.4 Å². The van der Waals surface area contributed by atoms with Crippen LogP contribution in [0.5, 0.6) is 5.75 Å². The maximum atomic E-state index is 13.5. The molecule has 11 nitrogen and oxygen atoms in total. The molecule has 2 rings (SSSR count). The summed E-state index contributed by atoms with van der Waals surface area (Å²) in [6.45, 7) is 3.73. The minimum atomic E-state index is -1.18. The molecule has 218 valence electrons. The highest BCUT2D eigenvalue weighted by atomic mass is 16.4. The maximum absolute atomic E-state index is 13.5. The van der Waals surface area contributed by atoms with Crippen molar-refractivity contribution in [2.75, 3.05) is 6.54 Å². The molecule has 9 N–H and O–H groups in total. The molecule has 0 bridgehead atoms. The molecule has 0 fully saturated rings. The Kier molecular flexibility index (Phi) is 13.1. The number of hydrogen-bond acceptors (Lipinski definition) is 7. The first-order chi connectivity index (χ1) is 19.0. The Bertz CT molecular complexity index is 1110. The van der Waals surface area contributed by atoms with Crippen LogP contribution in [-0.2, 0) is 32.0 Å². The first-order valence-corrected chi connectivity index (χ1v) is 13.4. The molecule has 40 heavy (non-hydrogen) atoms. The predicted molar refractivity (Wildman–Crippen MR) is 151 cm³/mol. The molecule has 11 heteroatoms. The number of nitrogens with one attached hydrogen (secondary N) is 3. The number of carbonyl (C=O) groups excluding carboxylic acids is 3. The van der Waals surface area contributed by atoms with Gasteiger partial charge in [0.1, 0.15) is 23.9 Å². The fourth-order valence-corrected chi connectivity index (χ4v) is 4.12. The number of carbonyl (C=O) groups is 4. The Hall–Kier alpha value is -3.96. The van der Waals surface area contributed by atoms with Gasteiger partial charge in [0.15, 0.2) is 0 Å². The summed E-state index contributed by atoms with van der Waals surface area (Å²) in [5.74, 6) is -3.32. The second-order valence-corrected chi connectivity index (χ2v) is 10.1. The summed E-state index contributed by atoms with van der Waals surface area (Å²) in [4.78, 5) is 51.2. The lowest BCUT2D eigenvalue weighted by Gasteiger charge is -2.26. The quantitative estimate of drug-likeness (QED) is 0.148. The molecule has 0 saturated carbocycles. The fraction of sp³-hybridized carbons (Fsp3) is 0.448. The average molecular weight is 556 g/mol. The molecule has 4 atom stereocenters. The van der Waals surface area contributed by atoms with E-state index < -0.39 is 47.9 Å². The minimum absolute atomic E-state index is 0.0495. The molecule has 2 aromatic carbocycles. The van der Waals surface area contributed by atoms with E-state index in [2.05, 4.69) is 16.0 Å². The van der Waals surface area contributed by atoms with E-state index in [1.165, 1.54) is 12.1 Å². The summed E-state index contributed by atoms with van der Waals surface area (Å²) in [5, 5.41) is 27.0. The number of aliphatic carboxylic acids is 1.